The number of benzene rings is 2. The Labute approximate surface area is 196 Å². The lowest BCUT2D eigenvalue weighted by Crippen LogP contribution is -2.80. The average Bonchev–Trinajstić information content (AvgIpc) is 2.79. The van der Waals surface area contributed by atoms with Crippen molar-refractivity contribution in [2.24, 2.45) is 0 Å². The molecule has 0 radical (unpaired) electrons. The molecule has 3 saturated heterocycles. The number of para-hydroxylation sites is 1. The number of likely N-dealkylation sites (tertiary alicyclic amines) is 1. The fourth-order valence-corrected chi connectivity index (χ4v) is 5.31. The highest BCUT2D eigenvalue weighted by Crippen LogP contribution is 2.37. The van der Waals surface area contributed by atoms with Crippen LogP contribution in [0.1, 0.15) is 5.56 Å². The molecule has 0 bridgehead atoms. The molecule has 7 nitrogen and oxygen atoms in total. The van der Waals surface area contributed by atoms with E-state index in [4.69, 9.17) is 4.74 Å². The summed E-state index contributed by atoms with van der Waals surface area (Å²) in [7, 11) is 0. The van der Waals surface area contributed by atoms with Crippen LogP contribution in [0.5, 0.6) is 5.75 Å². The van der Waals surface area contributed by atoms with Gasteiger partial charge in [-0.3, -0.25) is 9.80 Å². The van der Waals surface area contributed by atoms with Crippen LogP contribution in [0.4, 0.5) is 23.7 Å². The maximum Gasteiger partial charge on any atom is 0.573 e. The Kier molecular flexibility index (Phi) is 6.13. The van der Waals surface area contributed by atoms with Gasteiger partial charge in [0.1, 0.15) is 5.75 Å². The Hall–Kier alpha value is -2.82. The molecule has 1 N–H and O–H groups in total. The number of ether oxygens (including phenoxy) is 2. The number of nitrogens with one attached hydrogen (secondary N) is 1. The Balaban J connectivity index is 1.23. The first-order chi connectivity index (χ1) is 16.3. The number of halogens is 3. The molecule has 1 atom stereocenters. The van der Waals surface area contributed by atoms with Gasteiger partial charge in [0.2, 0.25) is 0 Å². The molecular weight excluding hydrogens is 449 g/mol. The quantitative estimate of drug-likeness (QED) is 0.733. The van der Waals surface area contributed by atoms with Gasteiger partial charge in [-0.05, 0) is 29.8 Å². The van der Waals surface area contributed by atoms with E-state index >= 15 is 0 Å². The minimum Gasteiger partial charge on any atom is -0.406 e. The van der Waals surface area contributed by atoms with E-state index in [1.807, 2.05) is 35.2 Å². The summed E-state index contributed by atoms with van der Waals surface area (Å²) >= 11 is 0. The zero-order valence-electron chi connectivity index (χ0n) is 18.6. The number of anilines is 1. The van der Waals surface area contributed by atoms with Crippen molar-refractivity contribution in [1.29, 1.82) is 0 Å². The Morgan fingerprint density at radius 1 is 1.09 bits per heavy atom. The molecular formula is C24H27F3N4O3. The van der Waals surface area contributed by atoms with Gasteiger partial charge in [-0.1, -0.05) is 30.3 Å². The van der Waals surface area contributed by atoms with E-state index in [1.165, 1.54) is 12.1 Å². The van der Waals surface area contributed by atoms with E-state index in [-0.39, 0.29) is 23.4 Å². The monoisotopic (exact) mass is 476 g/mol. The minimum atomic E-state index is -4.69. The number of amides is 2. The number of nitrogens with zero attached hydrogens (tertiary/aromatic N) is 3. The number of rotatable bonds is 4. The van der Waals surface area contributed by atoms with Gasteiger partial charge >= 0.3 is 12.4 Å². The van der Waals surface area contributed by atoms with E-state index in [0.717, 1.165) is 30.9 Å². The zero-order chi connectivity index (χ0) is 23.8. The largest absolute Gasteiger partial charge is 0.573 e. The first-order valence-corrected chi connectivity index (χ1v) is 11.3. The van der Waals surface area contributed by atoms with Crippen LogP contribution in [0.3, 0.4) is 0 Å². The molecule has 3 aliphatic rings. The number of urea groups is 1. The lowest BCUT2D eigenvalue weighted by Gasteiger charge is -2.63. The number of piperazine rings is 1. The van der Waals surface area contributed by atoms with Crippen LogP contribution >= 0.6 is 0 Å². The Morgan fingerprint density at radius 3 is 2.53 bits per heavy atom. The van der Waals surface area contributed by atoms with Crippen LogP contribution < -0.4 is 10.1 Å². The summed E-state index contributed by atoms with van der Waals surface area (Å²) < 4.78 is 46.8. The third-order valence-corrected chi connectivity index (χ3v) is 6.66. The van der Waals surface area contributed by atoms with Gasteiger partial charge in [0, 0.05) is 45.0 Å². The molecule has 182 valence electrons. The fraction of sp³-hybridized carbons (Fsp3) is 0.458. The van der Waals surface area contributed by atoms with Crippen molar-refractivity contribution in [3.8, 4) is 5.75 Å². The summed E-state index contributed by atoms with van der Waals surface area (Å²) in [6.45, 7) is 5.51. The van der Waals surface area contributed by atoms with Gasteiger partial charge in [-0.2, -0.15) is 0 Å². The van der Waals surface area contributed by atoms with Gasteiger partial charge in [0.05, 0.1) is 24.8 Å². The standard InChI is InChI=1S/C24H27F3N4O3/c25-24(26,27)34-21-8-6-18(7-9-21)12-29-15-23(16-29)17-30(13-20-14-33-11-10-31(20)23)22(32)28-19-4-2-1-3-5-19/h1-9,20H,10-17H2,(H,28,32). The molecule has 1 spiro atoms. The summed E-state index contributed by atoms with van der Waals surface area (Å²) in [6.07, 6.45) is -4.69. The van der Waals surface area contributed by atoms with E-state index < -0.39 is 6.36 Å². The Bertz CT molecular complexity index is 997. The van der Waals surface area contributed by atoms with Gasteiger partial charge in [-0.25, -0.2) is 4.79 Å². The molecule has 0 saturated carbocycles. The molecule has 3 aliphatic heterocycles. The number of carbonyl (C=O) groups is 1. The maximum atomic E-state index is 13.0. The van der Waals surface area contributed by atoms with E-state index in [9.17, 15) is 18.0 Å². The zero-order valence-corrected chi connectivity index (χ0v) is 18.6. The second kappa shape index (κ2) is 9.09. The molecule has 0 aliphatic carbocycles. The van der Waals surface area contributed by atoms with Gasteiger partial charge in [0.25, 0.3) is 0 Å². The summed E-state index contributed by atoms with van der Waals surface area (Å²) in [6, 6.07) is 15.4. The van der Waals surface area contributed by atoms with Crippen molar-refractivity contribution in [2.75, 3.05) is 51.3 Å². The van der Waals surface area contributed by atoms with Crippen molar-refractivity contribution in [1.82, 2.24) is 14.7 Å². The average molecular weight is 476 g/mol. The molecule has 2 aromatic rings. The second-order valence-electron chi connectivity index (χ2n) is 9.16. The van der Waals surface area contributed by atoms with Crippen molar-refractivity contribution in [3.63, 3.8) is 0 Å². The van der Waals surface area contributed by atoms with Crippen molar-refractivity contribution >= 4 is 11.7 Å². The Morgan fingerprint density at radius 2 is 1.82 bits per heavy atom. The SMILES string of the molecule is O=C(Nc1ccccc1)N1CC2COCCN2C2(CN(Cc3ccc(OC(F)(F)F)cc3)C2)C1. The molecule has 2 aromatic carbocycles. The maximum absolute atomic E-state index is 13.0. The minimum absolute atomic E-state index is 0.116. The first kappa shape index (κ1) is 22.9. The number of fused-ring (bicyclic) bond motifs is 2. The highest BCUT2D eigenvalue weighted by Gasteiger charge is 2.54. The lowest BCUT2D eigenvalue weighted by molar-refractivity contribution is -0.274. The fourth-order valence-electron chi connectivity index (χ4n) is 5.31. The van der Waals surface area contributed by atoms with E-state index in [0.29, 0.717) is 32.8 Å². The summed E-state index contributed by atoms with van der Waals surface area (Å²) in [4.78, 5) is 19.6. The number of hydrogen-bond donors (Lipinski definition) is 1. The summed E-state index contributed by atoms with van der Waals surface area (Å²) in [5.74, 6) is -0.222. The number of carbonyl (C=O) groups excluding carboxylic acids is 1. The van der Waals surface area contributed by atoms with E-state index in [2.05, 4.69) is 19.9 Å². The molecule has 3 heterocycles. The van der Waals surface area contributed by atoms with Crippen molar-refractivity contribution in [2.45, 2.75) is 24.5 Å². The smallest absolute Gasteiger partial charge is 0.406 e. The predicted molar refractivity (Wildman–Crippen MR) is 119 cm³/mol. The lowest BCUT2D eigenvalue weighted by atomic mass is 9.82. The summed E-state index contributed by atoms with van der Waals surface area (Å²) in [5.41, 5.74) is 1.52. The topological polar surface area (TPSA) is 57.3 Å². The number of morpholine rings is 1. The van der Waals surface area contributed by atoms with Crippen LogP contribution in [0.2, 0.25) is 0 Å². The van der Waals surface area contributed by atoms with Gasteiger partial charge in [-0.15, -0.1) is 13.2 Å². The molecule has 0 aromatic heterocycles. The van der Waals surface area contributed by atoms with Gasteiger partial charge < -0.3 is 19.7 Å². The van der Waals surface area contributed by atoms with Crippen LogP contribution in [-0.4, -0.2) is 84.6 Å². The third kappa shape index (κ3) is 4.98. The predicted octanol–water partition coefficient (Wildman–Crippen LogP) is 3.39. The van der Waals surface area contributed by atoms with Crippen LogP contribution in [-0.2, 0) is 11.3 Å². The second-order valence-corrected chi connectivity index (χ2v) is 9.16. The van der Waals surface area contributed by atoms with Crippen LogP contribution in [0.25, 0.3) is 0 Å². The van der Waals surface area contributed by atoms with E-state index in [1.54, 1.807) is 12.1 Å². The molecule has 34 heavy (non-hydrogen) atoms. The summed E-state index contributed by atoms with van der Waals surface area (Å²) in [5, 5.41) is 2.99. The third-order valence-electron chi connectivity index (χ3n) is 6.66. The normalized spacial score (nSPS) is 22.7. The highest BCUT2D eigenvalue weighted by atomic mass is 19.4. The molecule has 10 heteroatoms. The molecule has 5 rings (SSSR count). The molecule has 2 amide bonds. The van der Waals surface area contributed by atoms with Gasteiger partial charge in [0.15, 0.2) is 0 Å². The molecule has 3 fully saturated rings. The van der Waals surface area contributed by atoms with Crippen molar-refractivity contribution in [3.05, 3.63) is 60.2 Å². The van der Waals surface area contributed by atoms with Crippen molar-refractivity contribution < 1.29 is 27.4 Å². The number of alkyl halides is 3. The van der Waals surface area contributed by atoms with Crippen LogP contribution in [0, 0.1) is 0 Å². The highest BCUT2D eigenvalue weighted by molar-refractivity contribution is 5.89. The number of hydrogen-bond acceptors (Lipinski definition) is 5. The molecule has 1 unspecified atom stereocenters. The first-order valence-electron chi connectivity index (χ1n) is 11.3. The van der Waals surface area contributed by atoms with Crippen LogP contribution in [0.15, 0.2) is 54.6 Å².